The summed E-state index contributed by atoms with van der Waals surface area (Å²) in [6, 6.07) is 6.68. The molecule has 150 valence electrons. The monoisotopic (exact) mass is 413 g/mol. The first-order valence-corrected chi connectivity index (χ1v) is 9.40. The van der Waals surface area contributed by atoms with Crippen LogP contribution in [0.5, 0.6) is 0 Å². The summed E-state index contributed by atoms with van der Waals surface area (Å²) in [5.41, 5.74) is 7.51. The van der Waals surface area contributed by atoms with Crippen molar-refractivity contribution in [1.29, 1.82) is 0 Å². The van der Waals surface area contributed by atoms with Crippen LogP contribution in [0.4, 0.5) is 11.6 Å². The van der Waals surface area contributed by atoms with E-state index in [1.165, 1.54) is 6.20 Å². The van der Waals surface area contributed by atoms with E-state index in [9.17, 15) is 9.90 Å². The van der Waals surface area contributed by atoms with Crippen LogP contribution in [0.25, 0.3) is 11.3 Å². The van der Waals surface area contributed by atoms with Gasteiger partial charge in [0, 0.05) is 41.5 Å². The van der Waals surface area contributed by atoms with E-state index >= 15 is 0 Å². The molecule has 10 heteroatoms. The van der Waals surface area contributed by atoms with Crippen LogP contribution in [-0.2, 0) is 6.54 Å². The number of carbonyl (C=O) groups is 1. The largest absolute Gasteiger partial charge is 0.396 e. The zero-order valence-electron chi connectivity index (χ0n) is 15.5. The van der Waals surface area contributed by atoms with Gasteiger partial charge in [0.05, 0.1) is 36.3 Å². The third-order valence-electron chi connectivity index (χ3n) is 4.91. The topological polar surface area (TPSA) is 131 Å². The van der Waals surface area contributed by atoms with Gasteiger partial charge in [-0.2, -0.15) is 5.10 Å². The summed E-state index contributed by atoms with van der Waals surface area (Å²) in [6.07, 6.45) is 5.07. The van der Waals surface area contributed by atoms with Crippen molar-refractivity contribution in [3.63, 3.8) is 0 Å². The van der Waals surface area contributed by atoms with Gasteiger partial charge in [0.2, 0.25) is 11.9 Å². The number of aromatic nitrogens is 4. The number of nitrogens with two attached hydrogens (primary N) is 1. The lowest BCUT2D eigenvalue weighted by molar-refractivity contribution is 0.0477. The molecule has 1 fully saturated rings. The Kier molecular flexibility index (Phi) is 5.18. The van der Waals surface area contributed by atoms with Gasteiger partial charge in [-0.1, -0.05) is 11.6 Å². The van der Waals surface area contributed by atoms with Gasteiger partial charge in [0.15, 0.2) is 0 Å². The quantitative estimate of drug-likeness (QED) is 0.460. The zero-order valence-corrected chi connectivity index (χ0v) is 16.2. The lowest BCUT2D eigenvalue weighted by Gasteiger charge is -2.40. The summed E-state index contributed by atoms with van der Waals surface area (Å²) in [5, 5.41) is 20.7. The van der Waals surface area contributed by atoms with Gasteiger partial charge in [-0.25, -0.2) is 9.97 Å². The number of aliphatic hydroxyl groups is 1. The van der Waals surface area contributed by atoms with Crippen LogP contribution < -0.4 is 16.4 Å². The van der Waals surface area contributed by atoms with Gasteiger partial charge < -0.3 is 21.5 Å². The van der Waals surface area contributed by atoms with E-state index in [4.69, 9.17) is 17.3 Å². The van der Waals surface area contributed by atoms with Crippen molar-refractivity contribution in [2.24, 2.45) is 11.1 Å². The average Bonchev–Trinajstić information content (AvgIpc) is 3.15. The van der Waals surface area contributed by atoms with Crippen LogP contribution in [0.15, 0.2) is 42.9 Å². The highest BCUT2D eigenvalue weighted by molar-refractivity contribution is 6.32. The number of nitrogens with zero attached hydrogens (tertiary/aromatic N) is 4. The number of anilines is 2. The van der Waals surface area contributed by atoms with Crippen molar-refractivity contribution in [3.05, 3.63) is 53.4 Å². The van der Waals surface area contributed by atoms with E-state index in [2.05, 4.69) is 25.7 Å². The Morgan fingerprint density at radius 2 is 2.07 bits per heavy atom. The smallest absolute Gasteiger partial charge is 0.248 e. The fourth-order valence-electron chi connectivity index (χ4n) is 3.14. The normalized spacial score (nSPS) is 15.0. The first-order valence-electron chi connectivity index (χ1n) is 9.02. The van der Waals surface area contributed by atoms with Crippen LogP contribution in [0.3, 0.4) is 0 Å². The molecule has 1 saturated heterocycles. The van der Waals surface area contributed by atoms with Gasteiger partial charge in [-0.05, 0) is 24.3 Å². The molecule has 1 aliphatic heterocycles. The predicted octanol–water partition coefficient (Wildman–Crippen LogP) is 1.42. The molecule has 4 rings (SSSR count). The van der Waals surface area contributed by atoms with E-state index < -0.39 is 5.91 Å². The lowest BCUT2D eigenvalue weighted by Crippen LogP contribution is -2.57. The molecule has 1 aromatic carbocycles. The molecule has 29 heavy (non-hydrogen) atoms. The van der Waals surface area contributed by atoms with Crippen LogP contribution in [0.2, 0.25) is 5.02 Å². The van der Waals surface area contributed by atoms with Gasteiger partial charge in [-0.3, -0.25) is 9.48 Å². The fourth-order valence-corrected chi connectivity index (χ4v) is 3.35. The highest BCUT2D eigenvalue weighted by atomic mass is 35.5. The minimum atomic E-state index is -0.487. The molecule has 9 nitrogen and oxygen atoms in total. The van der Waals surface area contributed by atoms with E-state index in [0.29, 0.717) is 34.5 Å². The van der Waals surface area contributed by atoms with E-state index in [1.54, 1.807) is 35.1 Å². The maximum Gasteiger partial charge on any atom is 0.248 e. The SMILES string of the molecule is NC(=O)c1ccc(Nc2ncc(Cl)c(-c3cnn(CC4(CO)CNC4)c3)n2)cc1. The molecule has 0 saturated carbocycles. The van der Waals surface area contributed by atoms with Crippen molar-refractivity contribution in [2.45, 2.75) is 6.54 Å². The predicted molar refractivity (Wildman–Crippen MR) is 109 cm³/mol. The number of hydrogen-bond acceptors (Lipinski definition) is 7. The number of amides is 1. The first-order chi connectivity index (χ1) is 14.0. The van der Waals surface area contributed by atoms with Crippen LogP contribution in [-0.4, -0.2) is 50.5 Å². The number of carbonyl (C=O) groups excluding carboxylic acids is 1. The Balaban J connectivity index is 1.53. The van der Waals surface area contributed by atoms with Crippen LogP contribution in [0.1, 0.15) is 10.4 Å². The molecule has 0 atom stereocenters. The van der Waals surface area contributed by atoms with Crippen LogP contribution >= 0.6 is 11.6 Å². The Bertz CT molecular complexity index is 1030. The van der Waals surface area contributed by atoms with Gasteiger partial charge in [-0.15, -0.1) is 0 Å². The zero-order chi connectivity index (χ0) is 20.4. The van der Waals surface area contributed by atoms with E-state index in [1.807, 2.05) is 6.20 Å². The Labute approximate surface area is 171 Å². The second kappa shape index (κ2) is 7.78. The second-order valence-corrected chi connectivity index (χ2v) is 7.55. The molecule has 3 aromatic rings. The highest BCUT2D eigenvalue weighted by Crippen LogP contribution is 2.29. The molecule has 0 unspecified atom stereocenters. The molecular formula is C19H20ClN7O2. The molecule has 0 radical (unpaired) electrons. The van der Waals surface area contributed by atoms with Crippen molar-refractivity contribution < 1.29 is 9.90 Å². The third kappa shape index (κ3) is 4.07. The van der Waals surface area contributed by atoms with Crippen LogP contribution in [0, 0.1) is 5.41 Å². The third-order valence-corrected chi connectivity index (χ3v) is 5.19. The summed E-state index contributed by atoms with van der Waals surface area (Å²) in [4.78, 5) is 19.9. The van der Waals surface area contributed by atoms with Crippen molar-refractivity contribution in [1.82, 2.24) is 25.1 Å². The molecule has 2 aromatic heterocycles. The van der Waals surface area contributed by atoms with Gasteiger partial charge >= 0.3 is 0 Å². The standard InChI is InChI=1S/C19H20ClN7O2/c20-15-6-23-18(25-14-3-1-12(2-4-14)17(21)29)26-16(15)13-5-24-27(7-13)10-19(11-28)8-22-9-19/h1-7,22,28H,8-11H2,(H2,21,29)(H,23,25,26). The summed E-state index contributed by atoms with van der Waals surface area (Å²) in [5.74, 6) is -0.127. The Morgan fingerprint density at radius 3 is 2.69 bits per heavy atom. The van der Waals surface area contributed by atoms with E-state index in [-0.39, 0.29) is 12.0 Å². The number of halogens is 1. The van der Waals surface area contributed by atoms with Gasteiger partial charge in [0.1, 0.15) is 0 Å². The first kappa shape index (κ1) is 19.3. The molecule has 1 aliphatic rings. The Hall–Kier alpha value is -3.01. The minimum absolute atomic E-state index is 0.103. The Morgan fingerprint density at radius 1 is 1.31 bits per heavy atom. The summed E-state index contributed by atoms with van der Waals surface area (Å²) >= 11 is 6.31. The lowest BCUT2D eigenvalue weighted by atomic mass is 9.83. The number of hydrogen-bond donors (Lipinski definition) is 4. The molecular weight excluding hydrogens is 394 g/mol. The number of benzene rings is 1. The molecule has 5 N–H and O–H groups in total. The number of rotatable bonds is 7. The number of primary amides is 1. The second-order valence-electron chi connectivity index (χ2n) is 7.15. The number of nitrogens with one attached hydrogen (secondary N) is 2. The highest BCUT2D eigenvalue weighted by Gasteiger charge is 2.37. The van der Waals surface area contributed by atoms with Crippen molar-refractivity contribution in [2.75, 3.05) is 25.0 Å². The molecule has 0 aliphatic carbocycles. The maximum absolute atomic E-state index is 11.2. The summed E-state index contributed by atoms with van der Waals surface area (Å²) < 4.78 is 1.79. The number of aliphatic hydroxyl groups excluding tert-OH is 1. The van der Waals surface area contributed by atoms with Crippen molar-refractivity contribution in [3.8, 4) is 11.3 Å². The minimum Gasteiger partial charge on any atom is -0.396 e. The molecule has 0 spiro atoms. The maximum atomic E-state index is 11.2. The molecule has 0 bridgehead atoms. The molecule has 1 amide bonds. The van der Waals surface area contributed by atoms with Gasteiger partial charge in [0.25, 0.3) is 0 Å². The average molecular weight is 414 g/mol. The summed E-state index contributed by atoms with van der Waals surface area (Å²) in [6.45, 7) is 2.23. The van der Waals surface area contributed by atoms with E-state index in [0.717, 1.165) is 18.7 Å². The van der Waals surface area contributed by atoms with Crippen molar-refractivity contribution >= 4 is 29.1 Å². The molecule has 3 heterocycles. The summed E-state index contributed by atoms with van der Waals surface area (Å²) in [7, 11) is 0. The fraction of sp³-hybridized carbons (Fsp3) is 0.263.